The Morgan fingerprint density at radius 3 is 2.81 bits per heavy atom. The van der Waals surface area contributed by atoms with Crippen LogP contribution in [-0.2, 0) is 16.0 Å². The van der Waals surface area contributed by atoms with Gasteiger partial charge in [-0.15, -0.1) is 0 Å². The van der Waals surface area contributed by atoms with Crippen molar-refractivity contribution in [2.24, 2.45) is 0 Å². The molecule has 1 atom stereocenters. The minimum Gasteiger partial charge on any atom is -0.480 e. The largest absolute Gasteiger partial charge is 0.480 e. The predicted molar refractivity (Wildman–Crippen MR) is 81.2 cm³/mol. The fraction of sp³-hybridized carbons (Fsp3) is 0.375. The molecule has 3 N–H and O–H groups in total. The lowest BCUT2D eigenvalue weighted by molar-refractivity contribution is -0.141. The number of rotatable bonds is 6. The molecule has 1 aromatic carbocycles. The van der Waals surface area contributed by atoms with Gasteiger partial charge < -0.3 is 15.4 Å². The Labute approximate surface area is 123 Å². The lowest BCUT2D eigenvalue weighted by atomic mass is 10.1. The second-order valence-electron chi connectivity index (χ2n) is 5.18. The molecule has 0 fully saturated rings. The number of fused-ring (bicyclic) bond motifs is 1. The van der Waals surface area contributed by atoms with E-state index < -0.39 is 12.0 Å². The van der Waals surface area contributed by atoms with E-state index in [9.17, 15) is 9.59 Å². The van der Waals surface area contributed by atoms with Gasteiger partial charge in [-0.25, -0.2) is 4.79 Å². The Morgan fingerprint density at radius 2 is 2.14 bits per heavy atom. The van der Waals surface area contributed by atoms with Crippen molar-refractivity contribution >= 4 is 22.8 Å². The third-order valence-electron chi connectivity index (χ3n) is 3.67. The zero-order valence-electron chi connectivity index (χ0n) is 12.3. The molecule has 112 valence electrons. The SMILES string of the molecule is CCC(NC(=O)CCc1c[nH]c2c(C)cccc12)C(=O)O. The van der Waals surface area contributed by atoms with Crippen molar-refractivity contribution in [3.63, 3.8) is 0 Å². The van der Waals surface area contributed by atoms with Crippen LogP contribution in [-0.4, -0.2) is 28.0 Å². The number of H-pyrrole nitrogens is 1. The van der Waals surface area contributed by atoms with Crippen LogP contribution < -0.4 is 5.32 Å². The van der Waals surface area contributed by atoms with E-state index in [-0.39, 0.29) is 12.3 Å². The van der Waals surface area contributed by atoms with Crippen molar-refractivity contribution < 1.29 is 14.7 Å². The zero-order chi connectivity index (χ0) is 15.4. The molecule has 2 rings (SSSR count). The first-order valence-corrected chi connectivity index (χ1v) is 7.10. The van der Waals surface area contributed by atoms with Gasteiger partial charge in [0, 0.05) is 23.5 Å². The topological polar surface area (TPSA) is 82.2 Å². The van der Waals surface area contributed by atoms with Gasteiger partial charge in [0.15, 0.2) is 0 Å². The van der Waals surface area contributed by atoms with E-state index in [2.05, 4.69) is 10.3 Å². The molecule has 1 unspecified atom stereocenters. The zero-order valence-corrected chi connectivity index (χ0v) is 12.3. The summed E-state index contributed by atoms with van der Waals surface area (Å²) in [5, 5.41) is 12.6. The maximum Gasteiger partial charge on any atom is 0.326 e. The maximum atomic E-state index is 11.8. The van der Waals surface area contributed by atoms with Crippen LogP contribution in [0.15, 0.2) is 24.4 Å². The summed E-state index contributed by atoms with van der Waals surface area (Å²) in [6.07, 6.45) is 3.17. The summed E-state index contributed by atoms with van der Waals surface area (Å²) in [7, 11) is 0. The lowest BCUT2D eigenvalue weighted by Crippen LogP contribution is -2.40. The third-order valence-corrected chi connectivity index (χ3v) is 3.67. The van der Waals surface area contributed by atoms with Crippen LogP contribution in [0.4, 0.5) is 0 Å². The number of hydrogen-bond donors (Lipinski definition) is 3. The minimum atomic E-state index is -0.992. The van der Waals surface area contributed by atoms with Gasteiger partial charge in [-0.2, -0.15) is 0 Å². The number of carboxylic acid groups (broad SMARTS) is 1. The monoisotopic (exact) mass is 288 g/mol. The number of para-hydroxylation sites is 1. The number of amides is 1. The highest BCUT2D eigenvalue weighted by Gasteiger charge is 2.17. The van der Waals surface area contributed by atoms with E-state index in [1.54, 1.807) is 6.92 Å². The number of hydrogen-bond acceptors (Lipinski definition) is 2. The first kappa shape index (κ1) is 15.1. The Morgan fingerprint density at radius 1 is 1.38 bits per heavy atom. The molecule has 0 saturated carbocycles. The Kier molecular flexibility index (Phi) is 4.62. The van der Waals surface area contributed by atoms with Crippen LogP contribution in [0.5, 0.6) is 0 Å². The highest BCUT2D eigenvalue weighted by molar-refractivity contribution is 5.87. The number of carbonyl (C=O) groups is 2. The Balaban J connectivity index is 2.00. The molecule has 5 heteroatoms. The van der Waals surface area contributed by atoms with Gasteiger partial charge in [0.25, 0.3) is 0 Å². The normalized spacial score (nSPS) is 12.3. The number of aromatic amines is 1. The molecule has 0 aliphatic rings. The highest BCUT2D eigenvalue weighted by Crippen LogP contribution is 2.22. The second kappa shape index (κ2) is 6.43. The molecular formula is C16H20N2O3. The van der Waals surface area contributed by atoms with Gasteiger partial charge in [-0.05, 0) is 30.9 Å². The number of aliphatic carboxylic acids is 1. The van der Waals surface area contributed by atoms with Crippen LogP contribution in [0.3, 0.4) is 0 Å². The third kappa shape index (κ3) is 3.42. The predicted octanol–water partition coefficient (Wildman–Crippen LogP) is 2.39. The average Bonchev–Trinajstić information content (AvgIpc) is 2.87. The van der Waals surface area contributed by atoms with Crippen molar-refractivity contribution in [2.75, 3.05) is 0 Å². The minimum absolute atomic E-state index is 0.230. The fourth-order valence-electron chi connectivity index (χ4n) is 2.42. The second-order valence-corrected chi connectivity index (χ2v) is 5.18. The lowest BCUT2D eigenvalue weighted by Gasteiger charge is -2.11. The number of nitrogens with one attached hydrogen (secondary N) is 2. The van der Waals surface area contributed by atoms with E-state index in [4.69, 9.17) is 5.11 Å². The van der Waals surface area contributed by atoms with Crippen LogP contribution in [0, 0.1) is 6.92 Å². The van der Waals surface area contributed by atoms with E-state index in [1.807, 2.05) is 31.3 Å². The van der Waals surface area contributed by atoms with Crippen molar-refractivity contribution in [1.82, 2.24) is 10.3 Å². The molecule has 0 saturated heterocycles. The summed E-state index contributed by atoms with van der Waals surface area (Å²) in [4.78, 5) is 25.9. The van der Waals surface area contributed by atoms with Crippen LogP contribution in [0.25, 0.3) is 10.9 Å². The van der Waals surface area contributed by atoms with E-state index in [0.717, 1.165) is 16.5 Å². The summed E-state index contributed by atoms with van der Waals surface area (Å²) in [6.45, 7) is 3.77. The Bertz CT molecular complexity index is 661. The molecule has 0 aliphatic carbocycles. The Hall–Kier alpha value is -2.30. The average molecular weight is 288 g/mol. The van der Waals surface area contributed by atoms with Crippen molar-refractivity contribution in [3.8, 4) is 0 Å². The molecule has 0 bridgehead atoms. The van der Waals surface area contributed by atoms with Gasteiger partial charge in [0.1, 0.15) is 6.04 Å². The van der Waals surface area contributed by atoms with Crippen LogP contribution >= 0.6 is 0 Å². The van der Waals surface area contributed by atoms with Gasteiger partial charge in [-0.1, -0.05) is 25.1 Å². The summed E-state index contributed by atoms with van der Waals surface area (Å²) in [5.41, 5.74) is 3.33. The summed E-state index contributed by atoms with van der Waals surface area (Å²) >= 11 is 0. The first-order valence-electron chi connectivity index (χ1n) is 7.10. The quantitative estimate of drug-likeness (QED) is 0.763. The highest BCUT2D eigenvalue weighted by atomic mass is 16.4. The van der Waals surface area contributed by atoms with Gasteiger partial charge in [0.05, 0.1) is 0 Å². The maximum absolute atomic E-state index is 11.8. The molecule has 1 heterocycles. The van der Waals surface area contributed by atoms with Gasteiger partial charge >= 0.3 is 5.97 Å². The van der Waals surface area contributed by atoms with E-state index >= 15 is 0 Å². The van der Waals surface area contributed by atoms with Crippen LogP contribution in [0.1, 0.15) is 30.9 Å². The van der Waals surface area contributed by atoms with Gasteiger partial charge in [0.2, 0.25) is 5.91 Å². The standard InChI is InChI=1S/C16H20N2O3/c1-3-13(16(20)21)18-14(19)8-7-11-9-17-15-10(2)5-4-6-12(11)15/h4-6,9,13,17H,3,7-8H2,1-2H3,(H,18,19)(H,20,21). The van der Waals surface area contributed by atoms with Crippen molar-refractivity contribution in [2.45, 2.75) is 39.2 Å². The van der Waals surface area contributed by atoms with Crippen molar-refractivity contribution in [1.29, 1.82) is 0 Å². The first-order chi connectivity index (χ1) is 10.0. The van der Waals surface area contributed by atoms with Gasteiger partial charge in [-0.3, -0.25) is 4.79 Å². The number of carboxylic acids is 1. The smallest absolute Gasteiger partial charge is 0.326 e. The summed E-state index contributed by atoms with van der Waals surface area (Å²) in [5.74, 6) is -1.22. The molecule has 5 nitrogen and oxygen atoms in total. The van der Waals surface area contributed by atoms with E-state index in [1.165, 1.54) is 5.56 Å². The molecule has 0 aliphatic heterocycles. The summed E-state index contributed by atoms with van der Waals surface area (Å²) < 4.78 is 0. The molecule has 1 aromatic heterocycles. The number of carbonyl (C=O) groups excluding carboxylic acids is 1. The molecular weight excluding hydrogens is 268 g/mol. The summed E-state index contributed by atoms with van der Waals surface area (Å²) in [6, 6.07) is 5.25. The van der Waals surface area contributed by atoms with Crippen LogP contribution in [0.2, 0.25) is 0 Å². The fourth-order valence-corrected chi connectivity index (χ4v) is 2.42. The number of aryl methyl sites for hydroxylation is 2. The van der Waals surface area contributed by atoms with E-state index in [0.29, 0.717) is 12.8 Å². The number of benzene rings is 1. The molecule has 0 radical (unpaired) electrons. The number of aromatic nitrogens is 1. The molecule has 21 heavy (non-hydrogen) atoms. The van der Waals surface area contributed by atoms with Crippen molar-refractivity contribution in [3.05, 3.63) is 35.5 Å². The molecule has 2 aromatic rings. The molecule has 1 amide bonds. The molecule has 0 spiro atoms.